The molecule has 3 heterocycles. The van der Waals surface area contributed by atoms with E-state index in [-0.39, 0.29) is 50.1 Å². The number of nitrogens with one attached hydrogen (secondary N) is 1. The van der Waals surface area contributed by atoms with Crippen LogP contribution < -0.4 is 5.32 Å². The highest BCUT2D eigenvalue weighted by Gasteiger charge is 2.31. The van der Waals surface area contributed by atoms with E-state index in [9.17, 15) is 23.1 Å². The molecule has 11 heteroatoms. The first-order chi connectivity index (χ1) is 13.3. The maximum atomic E-state index is 12.6. The topological polar surface area (TPSA) is 120 Å². The first-order valence-corrected chi connectivity index (χ1v) is 10.8. The molecule has 2 aromatic heterocycles. The molecule has 0 aliphatic carbocycles. The molecule has 1 saturated heterocycles. The van der Waals surface area contributed by atoms with Crippen molar-refractivity contribution in [3.8, 4) is 5.75 Å². The van der Waals surface area contributed by atoms with Crippen LogP contribution in [-0.4, -0.2) is 72.3 Å². The molecule has 2 aromatic rings. The second-order valence-electron chi connectivity index (χ2n) is 6.20. The van der Waals surface area contributed by atoms with Crippen molar-refractivity contribution in [2.75, 3.05) is 32.7 Å². The number of rotatable bonds is 5. The van der Waals surface area contributed by atoms with Crippen molar-refractivity contribution < 1.29 is 23.1 Å². The standard InChI is InChI=1S/C17H20N4O5S2/c1-12-4-5-15(27-12)28(25,26)21-9-7-20(8-10-21)14(23)11-19-17(24)16-13(22)3-2-6-18-16/h2-6,22H,7-11H2,1H3,(H,19,24). The SMILES string of the molecule is Cc1ccc(S(=O)(=O)N2CCN(C(=O)CNC(=O)c3ncccc3O)CC2)s1. The number of carbonyl (C=O) groups is 2. The molecule has 0 atom stereocenters. The van der Waals surface area contributed by atoms with Gasteiger partial charge < -0.3 is 15.3 Å². The van der Waals surface area contributed by atoms with E-state index in [1.807, 2.05) is 6.92 Å². The molecule has 3 rings (SSSR count). The molecular weight excluding hydrogens is 404 g/mol. The molecule has 1 fully saturated rings. The number of thiophene rings is 1. The van der Waals surface area contributed by atoms with E-state index in [0.717, 1.165) is 4.88 Å². The summed E-state index contributed by atoms with van der Waals surface area (Å²) in [6, 6.07) is 6.18. The van der Waals surface area contributed by atoms with Gasteiger partial charge in [-0.25, -0.2) is 13.4 Å². The Labute approximate surface area is 166 Å². The molecule has 0 saturated carbocycles. The number of aromatic nitrogens is 1. The number of sulfonamides is 1. The Kier molecular flexibility index (Phi) is 5.96. The fraction of sp³-hybridized carbons (Fsp3) is 0.353. The number of hydrogen-bond acceptors (Lipinski definition) is 7. The minimum Gasteiger partial charge on any atom is -0.505 e. The first-order valence-electron chi connectivity index (χ1n) is 8.55. The Hall–Kier alpha value is -2.50. The summed E-state index contributed by atoms with van der Waals surface area (Å²) >= 11 is 1.22. The molecule has 2 N–H and O–H groups in total. The maximum Gasteiger partial charge on any atom is 0.274 e. The predicted molar refractivity (Wildman–Crippen MR) is 103 cm³/mol. The highest BCUT2D eigenvalue weighted by atomic mass is 32.2. The molecule has 0 bridgehead atoms. The number of hydrogen-bond donors (Lipinski definition) is 2. The van der Waals surface area contributed by atoms with Crippen molar-refractivity contribution in [2.45, 2.75) is 11.1 Å². The van der Waals surface area contributed by atoms with Gasteiger partial charge in [0.05, 0.1) is 6.54 Å². The Morgan fingerprint density at radius 3 is 2.54 bits per heavy atom. The summed E-state index contributed by atoms with van der Waals surface area (Å²) in [7, 11) is -3.55. The summed E-state index contributed by atoms with van der Waals surface area (Å²) in [5.41, 5.74) is -0.155. The van der Waals surface area contributed by atoms with Crippen molar-refractivity contribution in [1.29, 1.82) is 0 Å². The lowest BCUT2D eigenvalue weighted by molar-refractivity contribution is -0.131. The lowest BCUT2D eigenvalue weighted by Gasteiger charge is -2.33. The predicted octanol–water partition coefficient (Wildman–Crippen LogP) is 0.420. The number of piperazine rings is 1. The Balaban J connectivity index is 1.53. The van der Waals surface area contributed by atoms with Crippen LogP contribution in [0.1, 0.15) is 15.4 Å². The molecule has 1 aliphatic rings. The van der Waals surface area contributed by atoms with Crippen molar-refractivity contribution in [1.82, 2.24) is 19.5 Å². The van der Waals surface area contributed by atoms with E-state index in [1.54, 1.807) is 12.1 Å². The number of amides is 2. The summed E-state index contributed by atoms with van der Waals surface area (Å²) in [6.07, 6.45) is 1.37. The highest BCUT2D eigenvalue weighted by Crippen LogP contribution is 2.25. The summed E-state index contributed by atoms with van der Waals surface area (Å²) in [5, 5.41) is 12.0. The number of pyridine rings is 1. The highest BCUT2D eigenvalue weighted by molar-refractivity contribution is 7.91. The monoisotopic (exact) mass is 424 g/mol. The zero-order chi connectivity index (χ0) is 20.3. The van der Waals surface area contributed by atoms with Crippen LogP contribution in [0.5, 0.6) is 5.75 Å². The average molecular weight is 425 g/mol. The quantitative estimate of drug-likeness (QED) is 0.718. The zero-order valence-electron chi connectivity index (χ0n) is 15.2. The number of carbonyl (C=O) groups excluding carboxylic acids is 2. The minimum atomic E-state index is -3.55. The van der Waals surface area contributed by atoms with Crippen LogP contribution in [-0.2, 0) is 14.8 Å². The third-order valence-electron chi connectivity index (χ3n) is 4.30. The van der Waals surface area contributed by atoms with E-state index < -0.39 is 15.9 Å². The van der Waals surface area contributed by atoms with E-state index in [4.69, 9.17) is 0 Å². The van der Waals surface area contributed by atoms with Gasteiger partial charge in [-0.1, -0.05) is 0 Å². The lowest BCUT2D eigenvalue weighted by atomic mass is 10.3. The number of aryl methyl sites for hydroxylation is 1. The van der Waals surface area contributed by atoms with Gasteiger partial charge in [0.2, 0.25) is 5.91 Å². The number of aromatic hydroxyl groups is 1. The van der Waals surface area contributed by atoms with Gasteiger partial charge in [-0.3, -0.25) is 9.59 Å². The van der Waals surface area contributed by atoms with Gasteiger partial charge in [-0.2, -0.15) is 4.31 Å². The second kappa shape index (κ2) is 8.25. The van der Waals surface area contributed by atoms with Crippen molar-refractivity contribution in [3.05, 3.63) is 41.0 Å². The molecule has 0 aromatic carbocycles. The molecule has 28 heavy (non-hydrogen) atoms. The van der Waals surface area contributed by atoms with Gasteiger partial charge in [0.1, 0.15) is 9.96 Å². The molecule has 1 aliphatic heterocycles. The van der Waals surface area contributed by atoms with E-state index in [1.165, 1.54) is 38.9 Å². The third kappa shape index (κ3) is 4.32. The van der Waals surface area contributed by atoms with Gasteiger partial charge in [0, 0.05) is 37.3 Å². The molecule has 150 valence electrons. The largest absolute Gasteiger partial charge is 0.505 e. The van der Waals surface area contributed by atoms with Crippen LogP contribution in [0, 0.1) is 6.92 Å². The van der Waals surface area contributed by atoms with Gasteiger partial charge >= 0.3 is 0 Å². The maximum absolute atomic E-state index is 12.6. The summed E-state index contributed by atoms with van der Waals surface area (Å²) < 4.78 is 26.9. The van der Waals surface area contributed by atoms with E-state index in [2.05, 4.69) is 10.3 Å². The summed E-state index contributed by atoms with van der Waals surface area (Å²) in [5.74, 6) is -1.25. The third-order valence-corrected chi connectivity index (χ3v) is 7.67. The average Bonchev–Trinajstić information content (AvgIpc) is 3.13. The Morgan fingerprint density at radius 2 is 1.93 bits per heavy atom. The molecular formula is C17H20N4O5S2. The molecule has 9 nitrogen and oxygen atoms in total. The smallest absolute Gasteiger partial charge is 0.274 e. The van der Waals surface area contributed by atoms with Gasteiger partial charge in [-0.05, 0) is 31.2 Å². The van der Waals surface area contributed by atoms with Crippen LogP contribution in [0.2, 0.25) is 0 Å². The fourth-order valence-electron chi connectivity index (χ4n) is 2.78. The van der Waals surface area contributed by atoms with Gasteiger partial charge in [-0.15, -0.1) is 11.3 Å². The summed E-state index contributed by atoms with van der Waals surface area (Å²) in [6.45, 7) is 2.46. The molecule has 0 spiro atoms. The normalized spacial score (nSPS) is 15.4. The van der Waals surface area contributed by atoms with E-state index in [0.29, 0.717) is 4.21 Å². The van der Waals surface area contributed by atoms with Crippen molar-refractivity contribution >= 4 is 33.2 Å². The van der Waals surface area contributed by atoms with Crippen molar-refractivity contribution in [3.63, 3.8) is 0 Å². The van der Waals surface area contributed by atoms with Crippen molar-refractivity contribution in [2.24, 2.45) is 0 Å². The lowest BCUT2D eigenvalue weighted by Crippen LogP contribution is -2.52. The summed E-state index contributed by atoms with van der Waals surface area (Å²) in [4.78, 5) is 30.5. The molecule has 2 amide bonds. The Bertz CT molecular complexity index is 981. The minimum absolute atomic E-state index is 0.155. The number of nitrogens with zero attached hydrogens (tertiary/aromatic N) is 3. The first kappa shape index (κ1) is 20.2. The molecule has 0 unspecified atom stereocenters. The van der Waals surface area contributed by atoms with Crippen LogP contribution >= 0.6 is 11.3 Å². The fourth-order valence-corrected chi connectivity index (χ4v) is 5.64. The second-order valence-corrected chi connectivity index (χ2v) is 9.66. The van der Waals surface area contributed by atoms with E-state index >= 15 is 0 Å². The zero-order valence-corrected chi connectivity index (χ0v) is 16.8. The molecule has 0 radical (unpaired) electrons. The van der Waals surface area contributed by atoms with Crippen LogP contribution in [0.15, 0.2) is 34.7 Å². The van der Waals surface area contributed by atoms with Crippen LogP contribution in [0.3, 0.4) is 0 Å². The Morgan fingerprint density at radius 1 is 1.21 bits per heavy atom. The van der Waals surface area contributed by atoms with Gasteiger partial charge in [0.25, 0.3) is 15.9 Å². The van der Waals surface area contributed by atoms with Crippen LogP contribution in [0.25, 0.3) is 0 Å². The van der Waals surface area contributed by atoms with Gasteiger partial charge in [0.15, 0.2) is 5.69 Å². The van der Waals surface area contributed by atoms with Crippen LogP contribution in [0.4, 0.5) is 0 Å².